The molecule has 0 saturated carbocycles. The zero-order chi connectivity index (χ0) is 36.1. The monoisotopic (exact) mass is 758 g/mol. The third-order valence-electron chi connectivity index (χ3n) is 8.97. The van der Waals surface area contributed by atoms with Gasteiger partial charge in [0.1, 0.15) is 17.7 Å². The Balaban J connectivity index is 1.31. The van der Waals surface area contributed by atoms with E-state index in [-0.39, 0.29) is 26.6 Å². The van der Waals surface area contributed by atoms with Crippen LogP contribution in [-0.2, 0) is 22.7 Å². The van der Waals surface area contributed by atoms with E-state index in [2.05, 4.69) is 5.32 Å². The van der Waals surface area contributed by atoms with Crippen LogP contribution in [-0.4, -0.2) is 68.0 Å². The van der Waals surface area contributed by atoms with Crippen LogP contribution in [0.3, 0.4) is 0 Å². The number of anilines is 2. The summed E-state index contributed by atoms with van der Waals surface area (Å²) < 4.78 is 110. The van der Waals surface area contributed by atoms with Gasteiger partial charge in [-0.05, 0) is 61.0 Å². The maximum atomic E-state index is 14.8. The number of hydrogen-bond acceptors (Lipinski definition) is 7. The fraction of sp³-hybridized carbons (Fsp3) is 0.333. The highest BCUT2D eigenvalue weighted by atomic mass is 35.5. The SMILES string of the molecule is C[C@@H]1CC(F)(F)C[N+]1(C(=O)NCc1cc(-c2ccc(C(F)(F)F)cc2)nc(N2CCN(c3ccccc3F)CC2)c1)S(=O)(=O)c1ccc(Cl)s1. The molecule has 1 unspecified atom stereocenters. The summed E-state index contributed by atoms with van der Waals surface area (Å²) in [7, 11) is -4.69. The van der Waals surface area contributed by atoms with Crippen LogP contribution in [0.25, 0.3) is 11.3 Å². The maximum Gasteiger partial charge on any atom is 0.432 e. The van der Waals surface area contributed by atoms with Crippen LogP contribution >= 0.6 is 22.9 Å². The molecule has 0 radical (unpaired) electrons. The number of sulfonamides is 1. The lowest BCUT2D eigenvalue weighted by atomic mass is 10.1. The number of nitrogens with one attached hydrogen (secondary N) is 1. The zero-order valence-corrected chi connectivity index (χ0v) is 28.8. The Morgan fingerprint density at radius 2 is 1.68 bits per heavy atom. The average molecular weight is 759 g/mol. The molecular weight excluding hydrogens is 728 g/mol. The number of pyridine rings is 1. The van der Waals surface area contributed by atoms with Crippen molar-refractivity contribution in [3.63, 3.8) is 0 Å². The number of aromatic nitrogens is 1. The summed E-state index contributed by atoms with van der Waals surface area (Å²) in [6.07, 6.45) is -5.40. The zero-order valence-electron chi connectivity index (χ0n) is 26.4. The van der Waals surface area contributed by atoms with E-state index >= 15 is 0 Å². The molecule has 2 atom stereocenters. The number of hydrogen-bond donors (Lipinski definition) is 1. The van der Waals surface area contributed by atoms with Crippen LogP contribution in [0.2, 0.25) is 4.34 Å². The number of carbonyl (C=O) groups excluding carboxylic acids is 1. The van der Waals surface area contributed by atoms with Gasteiger partial charge in [0, 0.05) is 38.3 Å². The van der Waals surface area contributed by atoms with Crippen molar-refractivity contribution in [1.29, 1.82) is 0 Å². The number of para-hydroxylation sites is 1. The first kappa shape index (κ1) is 35.9. The number of nitrogens with zero attached hydrogens (tertiary/aromatic N) is 4. The summed E-state index contributed by atoms with van der Waals surface area (Å²) in [6.45, 7) is 1.35. The summed E-state index contributed by atoms with van der Waals surface area (Å²) in [4.78, 5) is 22.4. The van der Waals surface area contributed by atoms with E-state index in [4.69, 9.17) is 16.6 Å². The lowest BCUT2D eigenvalue weighted by Crippen LogP contribution is -2.62. The van der Waals surface area contributed by atoms with Gasteiger partial charge >= 0.3 is 28.2 Å². The minimum absolute atomic E-state index is 0.107. The van der Waals surface area contributed by atoms with Crippen LogP contribution in [0.5, 0.6) is 0 Å². The van der Waals surface area contributed by atoms with Gasteiger partial charge in [-0.3, -0.25) is 0 Å². The fourth-order valence-corrected chi connectivity index (χ4v) is 10.2. The molecule has 2 aromatic heterocycles. The maximum absolute atomic E-state index is 14.8. The van der Waals surface area contributed by atoms with Gasteiger partial charge in [0.2, 0.25) is 0 Å². The average Bonchev–Trinajstić information content (AvgIpc) is 3.63. The summed E-state index contributed by atoms with van der Waals surface area (Å²) >= 11 is 6.63. The molecule has 0 bridgehead atoms. The molecule has 266 valence electrons. The number of likely N-dealkylation sites (tertiary alicyclic amines) is 1. The Labute approximate surface area is 293 Å². The smallest absolute Gasteiger partial charge is 0.366 e. The summed E-state index contributed by atoms with van der Waals surface area (Å²) in [5.74, 6) is -3.41. The van der Waals surface area contributed by atoms with Gasteiger partial charge in [-0.15, -0.1) is 15.2 Å². The lowest BCUT2D eigenvalue weighted by molar-refractivity contribution is -0.738. The van der Waals surface area contributed by atoms with Gasteiger partial charge in [-0.25, -0.2) is 22.9 Å². The van der Waals surface area contributed by atoms with Crippen LogP contribution < -0.4 is 15.1 Å². The molecule has 2 aliphatic rings. The predicted octanol–water partition coefficient (Wildman–Crippen LogP) is 7.79. The molecule has 2 fully saturated rings. The molecule has 17 heteroatoms. The van der Waals surface area contributed by atoms with E-state index in [0.29, 0.717) is 60.1 Å². The minimum Gasteiger partial charge on any atom is -0.366 e. The minimum atomic E-state index is -4.69. The molecule has 1 N–H and O–H groups in total. The normalized spacial score (nSPS) is 21.0. The molecule has 2 amide bonds. The van der Waals surface area contributed by atoms with Gasteiger partial charge in [0.15, 0.2) is 10.8 Å². The largest absolute Gasteiger partial charge is 0.432 e. The standard InChI is InChI=1S/C33H30ClF6N5O3S2/c1-21-18-32(36,37)20-45(21,50(47,48)30-11-10-28(34)49-30)31(46)41-19-22-16-26(23-6-8-24(9-7-23)33(38,39)40)42-29(17-22)44-14-12-43(13-15-44)27-5-3-2-4-25(27)35/h2-11,16-17,21H,12-15,18-20H2,1H3/p+1/t21-,45?/m1/s1. The highest BCUT2D eigenvalue weighted by Crippen LogP contribution is 2.45. The molecule has 0 aliphatic carbocycles. The van der Waals surface area contributed by atoms with Crippen molar-refractivity contribution in [3.05, 3.63) is 94.1 Å². The Morgan fingerprint density at radius 1 is 1.02 bits per heavy atom. The van der Waals surface area contributed by atoms with E-state index in [1.165, 1.54) is 43.3 Å². The van der Waals surface area contributed by atoms with Gasteiger partial charge in [-0.1, -0.05) is 35.9 Å². The van der Waals surface area contributed by atoms with E-state index in [1.54, 1.807) is 24.3 Å². The van der Waals surface area contributed by atoms with Crippen molar-refractivity contribution in [1.82, 2.24) is 10.3 Å². The summed E-state index contributed by atoms with van der Waals surface area (Å²) in [5, 5.41) is 2.55. The van der Waals surface area contributed by atoms with Crippen molar-refractivity contribution < 1.29 is 43.4 Å². The molecule has 4 heterocycles. The van der Waals surface area contributed by atoms with Crippen molar-refractivity contribution in [2.75, 3.05) is 42.5 Å². The second-order valence-electron chi connectivity index (χ2n) is 12.3. The van der Waals surface area contributed by atoms with Crippen LogP contribution in [0.1, 0.15) is 24.5 Å². The number of alkyl halides is 5. The molecule has 4 aromatic rings. The Hall–Kier alpha value is -3.86. The van der Waals surface area contributed by atoms with E-state index in [0.717, 1.165) is 12.1 Å². The number of urea groups is 1. The van der Waals surface area contributed by atoms with E-state index in [1.807, 2.05) is 9.80 Å². The Bertz CT molecular complexity index is 2000. The molecular formula is C33H31ClF6N5O3S2+. The molecule has 8 nitrogen and oxygen atoms in total. The molecule has 2 saturated heterocycles. The molecule has 2 aliphatic heterocycles. The number of halogens is 7. The number of carbonyl (C=O) groups is 1. The number of rotatable bonds is 7. The fourth-order valence-electron chi connectivity index (χ4n) is 6.45. The number of thiophene rings is 1. The third kappa shape index (κ3) is 6.90. The number of benzene rings is 2. The summed E-state index contributed by atoms with van der Waals surface area (Å²) in [5.41, 5.74) is 0.588. The molecule has 50 heavy (non-hydrogen) atoms. The molecule has 0 spiro atoms. The molecule has 6 rings (SSSR count). The van der Waals surface area contributed by atoms with Crippen molar-refractivity contribution >= 4 is 50.5 Å². The van der Waals surface area contributed by atoms with Gasteiger partial charge in [0.05, 0.1) is 27.7 Å². The first-order chi connectivity index (χ1) is 23.5. The predicted molar refractivity (Wildman–Crippen MR) is 178 cm³/mol. The first-order valence-electron chi connectivity index (χ1n) is 15.5. The quantitative estimate of drug-likeness (QED) is 0.153. The van der Waals surface area contributed by atoms with Gasteiger partial charge < -0.3 is 15.1 Å². The van der Waals surface area contributed by atoms with Crippen molar-refractivity contribution in [2.24, 2.45) is 0 Å². The number of quaternary nitrogens is 1. The van der Waals surface area contributed by atoms with Crippen LogP contribution in [0.4, 0.5) is 42.6 Å². The van der Waals surface area contributed by atoms with Crippen molar-refractivity contribution in [2.45, 2.75) is 42.2 Å². The van der Waals surface area contributed by atoms with Crippen LogP contribution in [0, 0.1) is 5.82 Å². The second kappa shape index (κ2) is 13.4. The Kier molecular flexibility index (Phi) is 9.60. The van der Waals surface area contributed by atoms with Gasteiger partial charge in [-0.2, -0.15) is 21.6 Å². The van der Waals surface area contributed by atoms with Crippen LogP contribution in [0.15, 0.2) is 77.0 Å². The third-order valence-corrected chi connectivity index (χ3v) is 13.0. The van der Waals surface area contributed by atoms with E-state index < -0.39 is 56.6 Å². The Morgan fingerprint density at radius 3 is 2.26 bits per heavy atom. The van der Waals surface area contributed by atoms with Gasteiger partial charge in [0.25, 0.3) is 0 Å². The number of amides is 2. The highest BCUT2D eigenvalue weighted by Gasteiger charge is 2.66. The van der Waals surface area contributed by atoms with Crippen molar-refractivity contribution in [3.8, 4) is 11.3 Å². The topological polar surface area (TPSA) is 82.6 Å². The van der Waals surface area contributed by atoms with E-state index in [9.17, 15) is 39.6 Å². The summed E-state index contributed by atoms with van der Waals surface area (Å²) in [6, 6.07) is 13.9. The second-order valence-corrected chi connectivity index (χ2v) is 16.3. The molecule has 2 aromatic carbocycles. The first-order valence-corrected chi connectivity index (χ1v) is 18.1. The highest BCUT2D eigenvalue weighted by molar-refractivity contribution is 7.88. The number of piperazine rings is 1. The lowest BCUT2D eigenvalue weighted by Gasteiger charge is -2.37.